The van der Waals surface area contributed by atoms with Crippen LogP contribution in [0.4, 0.5) is 0 Å². The Morgan fingerprint density at radius 3 is 2.79 bits per heavy atom. The molecule has 1 aliphatic heterocycles. The zero-order chi connectivity index (χ0) is 10.6. The maximum Gasteiger partial charge on any atom is 0.0714 e. The molecule has 2 heteroatoms. The van der Waals surface area contributed by atoms with Gasteiger partial charge >= 0.3 is 0 Å². The van der Waals surface area contributed by atoms with Crippen LogP contribution in [-0.2, 0) is 0 Å². The Hall–Kier alpha value is -0.520. The first-order valence-electron chi connectivity index (χ1n) is 5.68. The molecule has 0 aromatic heterocycles. The molecule has 3 atom stereocenters. The van der Waals surface area contributed by atoms with Gasteiger partial charge < -0.3 is 5.73 Å². The lowest BCUT2D eigenvalue weighted by molar-refractivity contribution is 0.0713. The Labute approximate surface area is 87.8 Å². The smallest absolute Gasteiger partial charge is 0.0714 e. The van der Waals surface area contributed by atoms with Gasteiger partial charge in [-0.05, 0) is 26.2 Å². The summed E-state index contributed by atoms with van der Waals surface area (Å²) in [7, 11) is 0. The van der Waals surface area contributed by atoms with E-state index in [1.165, 1.54) is 19.3 Å². The number of terminal acetylenes is 1. The van der Waals surface area contributed by atoms with Gasteiger partial charge in [-0.25, -0.2) is 0 Å². The van der Waals surface area contributed by atoms with Crippen LogP contribution in [0.25, 0.3) is 0 Å². The predicted octanol–water partition coefficient (Wildman–Crippen LogP) is 1.60. The Balaban J connectivity index is 2.73. The molecule has 0 saturated carbocycles. The van der Waals surface area contributed by atoms with E-state index in [4.69, 9.17) is 12.2 Å². The van der Waals surface area contributed by atoms with Crippen LogP contribution in [0.1, 0.15) is 39.5 Å². The molecule has 1 rings (SSSR count). The van der Waals surface area contributed by atoms with Crippen LogP contribution in [-0.4, -0.2) is 29.6 Å². The van der Waals surface area contributed by atoms with Crippen molar-refractivity contribution < 1.29 is 0 Å². The molecule has 2 N–H and O–H groups in total. The van der Waals surface area contributed by atoms with Crippen LogP contribution in [0.2, 0.25) is 0 Å². The molecule has 0 spiro atoms. The summed E-state index contributed by atoms with van der Waals surface area (Å²) in [5, 5.41) is 0. The molecule has 80 valence electrons. The van der Waals surface area contributed by atoms with E-state index in [0.717, 1.165) is 13.0 Å². The third-order valence-electron chi connectivity index (χ3n) is 3.30. The van der Waals surface area contributed by atoms with Crippen LogP contribution < -0.4 is 5.73 Å². The molecular formula is C12H22N2. The van der Waals surface area contributed by atoms with Crippen molar-refractivity contribution in [1.29, 1.82) is 0 Å². The summed E-state index contributed by atoms with van der Waals surface area (Å²) in [6, 6.07) is 1.37. The molecule has 0 bridgehead atoms. The maximum atomic E-state index is 5.79. The molecule has 3 unspecified atom stereocenters. The molecule has 2 nitrogen and oxygen atoms in total. The highest BCUT2D eigenvalue weighted by molar-refractivity contribution is 5.03. The quantitative estimate of drug-likeness (QED) is 0.691. The highest BCUT2D eigenvalue weighted by Crippen LogP contribution is 2.25. The Kier molecular flexibility index (Phi) is 4.44. The van der Waals surface area contributed by atoms with Gasteiger partial charge in [0.25, 0.3) is 0 Å². The first-order chi connectivity index (χ1) is 6.74. The summed E-state index contributed by atoms with van der Waals surface area (Å²) in [6.07, 6.45) is 10.3. The van der Waals surface area contributed by atoms with Crippen LogP contribution in [0.3, 0.4) is 0 Å². The second-order valence-corrected chi connectivity index (χ2v) is 4.21. The number of nitrogens with zero attached hydrogens (tertiary/aromatic N) is 1. The van der Waals surface area contributed by atoms with Crippen molar-refractivity contribution in [2.45, 2.75) is 57.7 Å². The molecule has 0 aromatic rings. The average Bonchev–Trinajstić information content (AvgIpc) is 2.22. The van der Waals surface area contributed by atoms with Gasteiger partial charge in [-0.15, -0.1) is 6.42 Å². The highest BCUT2D eigenvalue weighted by Gasteiger charge is 2.30. The second kappa shape index (κ2) is 5.38. The zero-order valence-electron chi connectivity index (χ0n) is 9.37. The summed E-state index contributed by atoms with van der Waals surface area (Å²) in [6.45, 7) is 5.16. The number of likely N-dealkylation sites (tertiary alicyclic amines) is 1. The van der Waals surface area contributed by atoms with E-state index in [1.807, 2.05) is 0 Å². The van der Waals surface area contributed by atoms with E-state index in [0.29, 0.717) is 12.1 Å². The topological polar surface area (TPSA) is 29.3 Å². The van der Waals surface area contributed by atoms with Crippen molar-refractivity contribution in [3.05, 3.63) is 0 Å². The summed E-state index contributed by atoms with van der Waals surface area (Å²) < 4.78 is 0. The van der Waals surface area contributed by atoms with Gasteiger partial charge in [0.15, 0.2) is 0 Å². The number of hydrogen-bond donors (Lipinski definition) is 1. The number of piperidine rings is 1. The number of rotatable bonds is 3. The van der Waals surface area contributed by atoms with Crippen molar-refractivity contribution >= 4 is 0 Å². The van der Waals surface area contributed by atoms with E-state index in [1.54, 1.807) is 0 Å². The van der Waals surface area contributed by atoms with Crippen molar-refractivity contribution in [2.75, 3.05) is 6.54 Å². The molecule has 0 radical (unpaired) electrons. The third kappa shape index (κ3) is 2.29. The Bertz CT molecular complexity index is 207. The molecule has 0 amide bonds. The summed E-state index contributed by atoms with van der Waals surface area (Å²) in [5.41, 5.74) is 5.79. The molecule has 1 aliphatic rings. The molecule has 0 aromatic carbocycles. The van der Waals surface area contributed by atoms with Crippen LogP contribution >= 0.6 is 0 Å². The average molecular weight is 194 g/mol. The molecule has 14 heavy (non-hydrogen) atoms. The van der Waals surface area contributed by atoms with E-state index in [9.17, 15) is 0 Å². The van der Waals surface area contributed by atoms with E-state index >= 15 is 0 Å². The third-order valence-corrected chi connectivity index (χ3v) is 3.30. The van der Waals surface area contributed by atoms with E-state index in [-0.39, 0.29) is 6.04 Å². The normalized spacial score (nSPS) is 31.0. The fraction of sp³-hybridized carbons (Fsp3) is 0.833. The van der Waals surface area contributed by atoms with Gasteiger partial charge in [-0.1, -0.05) is 19.3 Å². The molecule has 1 heterocycles. The van der Waals surface area contributed by atoms with Gasteiger partial charge in [-0.3, -0.25) is 4.90 Å². The lowest BCUT2D eigenvalue weighted by Gasteiger charge is -2.43. The Morgan fingerprint density at radius 2 is 2.29 bits per heavy atom. The van der Waals surface area contributed by atoms with Gasteiger partial charge in [0.05, 0.1) is 6.04 Å². The number of hydrogen-bond acceptors (Lipinski definition) is 2. The highest BCUT2D eigenvalue weighted by atomic mass is 15.2. The lowest BCUT2D eigenvalue weighted by atomic mass is 9.93. The molecule has 1 saturated heterocycles. The molecule has 0 aliphatic carbocycles. The van der Waals surface area contributed by atoms with Crippen molar-refractivity contribution in [2.24, 2.45) is 5.73 Å². The van der Waals surface area contributed by atoms with Crippen molar-refractivity contribution in [1.82, 2.24) is 4.90 Å². The Morgan fingerprint density at radius 1 is 1.57 bits per heavy atom. The summed E-state index contributed by atoms with van der Waals surface area (Å²) in [5.74, 6) is 2.89. The monoisotopic (exact) mass is 194 g/mol. The lowest BCUT2D eigenvalue weighted by Crippen LogP contribution is -2.53. The van der Waals surface area contributed by atoms with Crippen LogP contribution in [0.15, 0.2) is 0 Å². The van der Waals surface area contributed by atoms with Gasteiger partial charge in [0.2, 0.25) is 0 Å². The first kappa shape index (κ1) is 11.6. The number of nitrogens with two attached hydrogens (primary N) is 1. The molecule has 1 fully saturated rings. The van der Waals surface area contributed by atoms with Crippen molar-refractivity contribution in [3.8, 4) is 12.3 Å². The minimum absolute atomic E-state index is 0.277. The standard InChI is InChI=1S/C12H22N2/c1-4-11(5-2)14-10(3)7-6-8-12(14)9-13/h1,10-12H,5-9,13H2,2-3H3. The van der Waals surface area contributed by atoms with Gasteiger partial charge in [0, 0.05) is 18.6 Å². The zero-order valence-corrected chi connectivity index (χ0v) is 9.37. The van der Waals surface area contributed by atoms with Gasteiger partial charge in [0.1, 0.15) is 0 Å². The maximum absolute atomic E-state index is 5.79. The van der Waals surface area contributed by atoms with Crippen LogP contribution in [0, 0.1) is 12.3 Å². The van der Waals surface area contributed by atoms with Gasteiger partial charge in [-0.2, -0.15) is 0 Å². The first-order valence-corrected chi connectivity index (χ1v) is 5.68. The summed E-state index contributed by atoms with van der Waals surface area (Å²) >= 11 is 0. The predicted molar refractivity (Wildman–Crippen MR) is 60.9 cm³/mol. The minimum atomic E-state index is 0.277. The minimum Gasteiger partial charge on any atom is -0.329 e. The largest absolute Gasteiger partial charge is 0.329 e. The fourth-order valence-electron chi connectivity index (χ4n) is 2.52. The van der Waals surface area contributed by atoms with E-state index in [2.05, 4.69) is 24.7 Å². The van der Waals surface area contributed by atoms with E-state index < -0.39 is 0 Å². The fourth-order valence-corrected chi connectivity index (χ4v) is 2.52. The van der Waals surface area contributed by atoms with Crippen LogP contribution in [0.5, 0.6) is 0 Å². The summed E-state index contributed by atoms with van der Waals surface area (Å²) in [4.78, 5) is 2.45. The second-order valence-electron chi connectivity index (χ2n) is 4.21. The van der Waals surface area contributed by atoms with Crippen molar-refractivity contribution in [3.63, 3.8) is 0 Å². The SMILES string of the molecule is C#CC(CC)N1C(C)CCCC1CN. The molecular weight excluding hydrogens is 172 g/mol.